The van der Waals surface area contributed by atoms with Crippen LogP contribution in [0.2, 0.25) is 0 Å². The van der Waals surface area contributed by atoms with Crippen molar-refractivity contribution in [2.75, 3.05) is 26.3 Å². The lowest BCUT2D eigenvalue weighted by molar-refractivity contribution is -0.136. The number of nitrogens with one attached hydrogen (secondary N) is 1. The number of pyridine rings is 1. The van der Waals surface area contributed by atoms with Crippen LogP contribution in [0.5, 0.6) is 0 Å². The fourth-order valence-corrected chi connectivity index (χ4v) is 4.19. The second kappa shape index (κ2) is 7.87. The van der Waals surface area contributed by atoms with Crippen LogP contribution in [0.3, 0.4) is 0 Å². The molecule has 1 aromatic heterocycles. The number of ether oxygens (including phenoxy) is 1. The number of hydrogen-bond donors (Lipinski definition) is 1. The van der Waals surface area contributed by atoms with Crippen LogP contribution < -0.4 is 5.32 Å². The fraction of sp³-hybridized carbons (Fsp3) is 0.500. The summed E-state index contributed by atoms with van der Waals surface area (Å²) in [6.07, 6.45) is 3.93. The zero-order valence-corrected chi connectivity index (χ0v) is 16.6. The highest BCUT2D eigenvalue weighted by Gasteiger charge is 2.27. The summed E-state index contributed by atoms with van der Waals surface area (Å²) in [5, 5.41) is 3.84. The largest absolute Gasteiger partial charge is 0.378 e. The van der Waals surface area contributed by atoms with Crippen molar-refractivity contribution < 1.29 is 14.3 Å². The lowest BCUT2D eigenvalue weighted by atomic mass is 9.89. The van der Waals surface area contributed by atoms with Crippen molar-refractivity contribution in [1.82, 2.24) is 15.2 Å². The van der Waals surface area contributed by atoms with Crippen molar-refractivity contribution in [3.63, 3.8) is 0 Å². The van der Waals surface area contributed by atoms with E-state index in [0.717, 1.165) is 53.4 Å². The molecular weight excluding hydrogens is 354 g/mol. The summed E-state index contributed by atoms with van der Waals surface area (Å²) < 4.78 is 5.31. The first kappa shape index (κ1) is 18.9. The van der Waals surface area contributed by atoms with Crippen molar-refractivity contribution in [2.24, 2.45) is 0 Å². The first-order valence-electron chi connectivity index (χ1n) is 10.1. The van der Waals surface area contributed by atoms with Crippen LogP contribution in [0.15, 0.2) is 18.2 Å². The van der Waals surface area contributed by atoms with E-state index < -0.39 is 6.04 Å². The highest BCUT2D eigenvalue weighted by molar-refractivity contribution is 6.09. The first-order chi connectivity index (χ1) is 13.5. The number of amides is 2. The minimum atomic E-state index is -0.571. The molecule has 0 bridgehead atoms. The molecule has 1 atom stereocenters. The zero-order valence-electron chi connectivity index (χ0n) is 16.6. The molecule has 1 saturated heterocycles. The third kappa shape index (κ3) is 3.61. The van der Waals surface area contributed by atoms with E-state index in [1.807, 2.05) is 25.1 Å². The van der Waals surface area contributed by atoms with Crippen LogP contribution in [0.1, 0.15) is 46.9 Å². The maximum atomic E-state index is 13.3. The van der Waals surface area contributed by atoms with Crippen molar-refractivity contribution in [2.45, 2.75) is 45.6 Å². The summed E-state index contributed by atoms with van der Waals surface area (Å²) in [6, 6.07) is 5.47. The molecule has 0 unspecified atom stereocenters. The maximum Gasteiger partial charge on any atom is 0.252 e. The van der Waals surface area contributed by atoms with E-state index in [4.69, 9.17) is 9.72 Å². The Morgan fingerprint density at radius 2 is 1.93 bits per heavy atom. The Balaban J connectivity index is 1.66. The molecule has 1 fully saturated rings. The topological polar surface area (TPSA) is 71.5 Å². The molecule has 0 radical (unpaired) electrons. The van der Waals surface area contributed by atoms with Gasteiger partial charge in [0.15, 0.2) is 0 Å². The van der Waals surface area contributed by atoms with Crippen molar-refractivity contribution >= 4 is 22.7 Å². The summed E-state index contributed by atoms with van der Waals surface area (Å²) in [6.45, 7) is 6.03. The Kier molecular flexibility index (Phi) is 5.31. The summed E-state index contributed by atoms with van der Waals surface area (Å²) in [7, 11) is 0. The van der Waals surface area contributed by atoms with Gasteiger partial charge in [0.05, 0.1) is 24.3 Å². The number of hydrogen-bond acceptors (Lipinski definition) is 4. The molecule has 1 aliphatic heterocycles. The quantitative estimate of drug-likeness (QED) is 0.886. The summed E-state index contributed by atoms with van der Waals surface area (Å²) in [5.74, 6) is -0.231. The Morgan fingerprint density at radius 1 is 1.18 bits per heavy atom. The van der Waals surface area contributed by atoms with Gasteiger partial charge in [-0.25, -0.2) is 0 Å². The van der Waals surface area contributed by atoms with Crippen LogP contribution in [-0.4, -0.2) is 54.0 Å². The number of morpholine rings is 1. The SMILES string of the molecule is Cc1ccc2nc3c(c(C(=O)N[C@H](C)C(=O)N4CCOCC4)c2c1)CCCC3. The Hall–Kier alpha value is -2.47. The minimum absolute atomic E-state index is 0.0555. The predicted octanol–water partition coefficient (Wildman–Crippen LogP) is 2.40. The van der Waals surface area contributed by atoms with E-state index in [1.165, 1.54) is 0 Å². The van der Waals surface area contributed by atoms with Crippen LogP contribution in [-0.2, 0) is 22.4 Å². The number of nitrogens with zero attached hydrogens (tertiary/aromatic N) is 2. The van der Waals surface area contributed by atoms with Crippen molar-refractivity contribution in [3.05, 3.63) is 40.6 Å². The lowest BCUT2D eigenvalue weighted by Gasteiger charge is -2.29. The molecule has 2 amide bonds. The second-order valence-electron chi connectivity index (χ2n) is 7.77. The molecule has 6 nitrogen and oxygen atoms in total. The van der Waals surface area contributed by atoms with Crippen LogP contribution in [0.4, 0.5) is 0 Å². The van der Waals surface area contributed by atoms with Crippen molar-refractivity contribution in [1.29, 1.82) is 0 Å². The van der Waals surface area contributed by atoms with E-state index in [2.05, 4.69) is 5.32 Å². The molecule has 1 aliphatic carbocycles. The molecule has 0 saturated carbocycles. The number of benzene rings is 1. The van der Waals surface area contributed by atoms with Gasteiger partial charge in [0, 0.05) is 24.2 Å². The van der Waals surface area contributed by atoms with Crippen LogP contribution in [0, 0.1) is 6.92 Å². The molecule has 6 heteroatoms. The highest BCUT2D eigenvalue weighted by Crippen LogP contribution is 2.30. The van der Waals surface area contributed by atoms with Gasteiger partial charge >= 0.3 is 0 Å². The van der Waals surface area contributed by atoms with Crippen LogP contribution >= 0.6 is 0 Å². The monoisotopic (exact) mass is 381 g/mol. The van der Waals surface area contributed by atoms with E-state index in [-0.39, 0.29) is 11.8 Å². The van der Waals surface area contributed by atoms with Gasteiger partial charge in [-0.05, 0) is 57.2 Å². The van der Waals surface area contributed by atoms with Gasteiger partial charge in [0.25, 0.3) is 5.91 Å². The van der Waals surface area contributed by atoms with E-state index >= 15 is 0 Å². The third-order valence-corrected chi connectivity index (χ3v) is 5.69. The molecule has 28 heavy (non-hydrogen) atoms. The molecule has 2 aromatic rings. The van der Waals surface area contributed by atoms with Gasteiger partial charge in [-0.3, -0.25) is 14.6 Å². The molecule has 2 heterocycles. The summed E-state index contributed by atoms with van der Waals surface area (Å²) in [5.41, 5.74) is 4.72. The molecule has 4 rings (SSSR count). The third-order valence-electron chi connectivity index (χ3n) is 5.69. The fourth-order valence-electron chi connectivity index (χ4n) is 4.19. The highest BCUT2D eigenvalue weighted by atomic mass is 16.5. The second-order valence-corrected chi connectivity index (χ2v) is 7.77. The standard InChI is InChI=1S/C22H27N3O3/c1-14-7-8-19-17(13-14)20(16-5-3-4-6-18(16)24-19)21(26)23-15(2)22(27)25-9-11-28-12-10-25/h7-8,13,15H,3-6,9-12H2,1-2H3,(H,23,26)/t15-/m1/s1. The predicted molar refractivity (Wildman–Crippen MR) is 107 cm³/mol. The first-order valence-corrected chi connectivity index (χ1v) is 10.1. The van der Waals surface area contributed by atoms with E-state index in [9.17, 15) is 9.59 Å². The van der Waals surface area contributed by atoms with Gasteiger partial charge in [-0.15, -0.1) is 0 Å². The van der Waals surface area contributed by atoms with Gasteiger partial charge < -0.3 is 15.0 Å². The maximum absolute atomic E-state index is 13.3. The number of aryl methyl sites for hydroxylation is 2. The number of carbonyl (C=O) groups excluding carboxylic acids is 2. The van der Waals surface area contributed by atoms with Gasteiger partial charge in [-0.1, -0.05) is 11.6 Å². The minimum Gasteiger partial charge on any atom is -0.378 e. The Bertz CT molecular complexity index is 919. The molecule has 2 aliphatic rings. The average Bonchev–Trinajstić information content (AvgIpc) is 2.72. The molecule has 0 spiro atoms. The normalized spacial score (nSPS) is 17.9. The molecule has 1 N–H and O–H groups in total. The number of rotatable bonds is 3. The number of fused-ring (bicyclic) bond motifs is 2. The number of aromatic nitrogens is 1. The van der Waals surface area contributed by atoms with Crippen LogP contribution in [0.25, 0.3) is 10.9 Å². The molecular formula is C22H27N3O3. The summed E-state index contributed by atoms with van der Waals surface area (Å²) >= 11 is 0. The van der Waals surface area contributed by atoms with E-state index in [1.54, 1.807) is 11.8 Å². The smallest absolute Gasteiger partial charge is 0.252 e. The van der Waals surface area contributed by atoms with Gasteiger partial charge in [-0.2, -0.15) is 0 Å². The van der Waals surface area contributed by atoms with Gasteiger partial charge in [0.1, 0.15) is 6.04 Å². The zero-order chi connectivity index (χ0) is 19.7. The van der Waals surface area contributed by atoms with Gasteiger partial charge in [0.2, 0.25) is 5.91 Å². The molecule has 148 valence electrons. The van der Waals surface area contributed by atoms with E-state index in [0.29, 0.717) is 31.9 Å². The average molecular weight is 381 g/mol. The molecule has 1 aromatic carbocycles. The summed E-state index contributed by atoms with van der Waals surface area (Å²) in [4.78, 5) is 32.6. The Labute approximate surface area is 165 Å². The number of carbonyl (C=O) groups is 2. The Morgan fingerprint density at radius 3 is 2.71 bits per heavy atom. The lowest BCUT2D eigenvalue weighted by Crippen LogP contribution is -2.50. The van der Waals surface area contributed by atoms with Crippen molar-refractivity contribution in [3.8, 4) is 0 Å².